The third-order valence-corrected chi connectivity index (χ3v) is 3.66. The Labute approximate surface area is 121 Å². The predicted octanol–water partition coefficient (Wildman–Crippen LogP) is 5.18. The Hall–Kier alpha value is -1.93. The molecule has 0 spiro atoms. The number of halogens is 1. The van der Waals surface area contributed by atoms with Gasteiger partial charge in [0.2, 0.25) is 0 Å². The Balaban J connectivity index is 2.04. The number of benzene rings is 2. The molecule has 0 unspecified atom stereocenters. The first kappa shape index (κ1) is 12.1. The van der Waals surface area contributed by atoms with Crippen molar-refractivity contribution in [2.24, 2.45) is 0 Å². The predicted molar refractivity (Wildman–Crippen MR) is 82.8 cm³/mol. The van der Waals surface area contributed by atoms with Crippen molar-refractivity contribution < 1.29 is 0 Å². The molecule has 0 radical (unpaired) electrons. The zero-order valence-corrected chi connectivity index (χ0v) is 11.8. The maximum Gasteiger partial charge on any atom is 0.0713 e. The molecule has 0 saturated heterocycles. The first-order valence-electron chi connectivity index (χ1n) is 6.11. The molecule has 1 heterocycles. The molecular formula is C17H12BrN. The average molecular weight is 310 g/mol. The second kappa shape index (κ2) is 5.37. The molecule has 0 amide bonds. The van der Waals surface area contributed by atoms with E-state index in [0.717, 1.165) is 21.3 Å². The minimum atomic E-state index is 0.979. The number of hydrogen-bond acceptors (Lipinski definition) is 1. The Morgan fingerprint density at radius 3 is 1.89 bits per heavy atom. The summed E-state index contributed by atoms with van der Waals surface area (Å²) in [6.45, 7) is 0. The summed E-state index contributed by atoms with van der Waals surface area (Å²) in [7, 11) is 0. The summed E-state index contributed by atoms with van der Waals surface area (Å²) >= 11 is 3.64. The van der Waals surface area contributed by atoms with Gasteiger partial charge in [0.15, 0.2) is 0 Å². The van der Waals surface area contributed by atoms with E-state index in [0.29, 0.717) is 0 Å². The normalized spacial score (nSPS) is 10.4. The first-order valence-corrected chi connectivity index (χ1v) is 6.90. The fourth-order valence-corrected chi connectivity index (χ4v) is 2.58. The molecule has 0 saturated carbocycles. The van der Waals surface area contributed by atoms with Crippen LogP contribution in [0.4, 0.5) is 0 Å². The minimum absolute atomic E-state index is 0.979. The lowest BCUT2D eigenvalue weighted by Gasteiger charge is -2.07. The van der Waals surface area contributed by atoms with Gasteiger partial charge in [-0.25, -0.2) is 0 Å². The third kappa shape index (κ3) is 2.59. The molecule has 3 aromatic rings. The van der Waals surface area contributed by atoms with Crippen LogP contribution in [0.25, 0.3) is 22.4 Å². The molecule has 0 N–H and O–H groups in total. The van der Waals surface area contributed by atoms with Crippen LogP contribution in [0.1, 0.15) is 0 Å². The van der Waals surface area contributed by atoms with Crippen molar-refractivity contribution in [3.05, 3.63) is 77.4 Å². The van der Waals surface area contributed by atoms with Gasteiger partial charge >= 0.3 is 0 Å². The molecule has 2 aromatic carbocycles. The largest absolute Gasteiger partial charge is 0.256 e. The van der Waals surface area contributed by atoms with Gasteiger partial charge in [0.25, 0.3) is 0 Å². The molecule has 2 heteroatoms. The molecule has 19 heavy (non-hydrogen) atoms. The second-order valence-electron chi connectivity index (χ2n) is 4.28. The van der Waals surface area contributed by atoms with Crippen molar-refractivity contribution in [3.63, 3.8) is 0 Å². The minimum Gasteiger partial charge on any atom is -0.256 e. The van der Waals surface area contributed by atoms with E-state index in [9.17, 15) is 0 Å². The molecule has 1 aromatic heterocycles. The smallest absolute Gasteiger partial charge is 0.0713 e. The van der Waals surface area contributed by atoms with Gasteiger partial charge in [-0.2, -0.15) is 0 Å². The molecule has 0 atom stereocenters. The van der Waals surface area contributed by atoms with E-state index in [4.69, 9.17) is 0 Å². The molecule has 0 aliphatic rings. The van der Waals surface area contributed by atoms with Crippen molar-refractivity contribution >= 4 is 15.9 Å². The summed E-state index contributed by atoms with van der Waals surface area (Å²) in [6.07, 6.45) is 1.92. The Kier molecular flexibility index (Phi) is 3.43. The summed E-state index contributed by atoms with van der Waals surface area (Å²) in [4.78, 5) is 4.56. The van der Waals surface area contributed by atoms with Crippen LogP contribution in [0.2, 0.25) is 0 Å². The standard InChI is InChI=1S/C17H12BrN/c18-16-11-17(14-9-5-2-6-10-14)19-12-15(16)13-7-3-1-4-8-13/h1-12H. The van der Waals surface area contributed by atoms with Gasteiger partial charge in [0.1, 0.15) is 0 Å². The van der Waals surface area contributed by atoms with Gasteiger partial charge in [-0.05, 0) is 11.6 Å². The Morgan fingerprint density at radius 1 is 0.737 bits per heavy atom. The van der Waals surface area contributed by atoms with E-state index in [-0.39, 0.29) is 0 Å². The number of nitrogens with zero attached hydrogens (tertiary/aromatic N) is 1. The maximum atomic E-state index is 4.56. The lowest BCUT2D eigenvalue weighted by atomic mass is 10.1. The average Bonchev–Trinajstić information content (AvgIpc) is 2.49. The molecule has 0 bridgehead atoms. The lowest BCUT2D eigenvalue weighted by molar-refractivity contribution is 1.31. The zero-order valence-electron chi connectivity index (χ0n) is 10.3. The SMILES string of the molecule is Brc1cc(-c2ccccc2)ncc1-c1ccccc1. The van der Waals surface area contributed by atoms with Crippen LogP contribution in [-0.4, -0.2) is 4.98 Å². The molecule has 1 nitrogen and oxygen atoms in total. The number of rotatable bonds is 2. The monoisotopic (exact) mass is 309 g/mol. The summed E-state index contributed by atoms with van der Waals surface area (Å²) < 4.78 is 1.06. The van der Waals surface area contributed by atoms with E-state index < -0.39 is 0 Å². The zero-order chi connectivity index (χ0) is 13.1. The first-order chi connectivity index (χ1) is 9.34. The number of hydrogen-bond donors (Lipinski definition) is 0. The van der Waals surface area contributed by atoms with Crippen LogP contribution < -0.4 is 0 Å². The van der Waals surface area contributed by atoms with Crippen LogP contribution >= 0.6 is 15.9 Å². The van der Waals surface area contributed by atoms with Crippen LogP contribution in [0, 0.1) is 0 Å². The molecular weight excluding hydrogens is 298 g/mol. The van der Waals surface area contributed by atoms with Gasteiger partial charge in [-0.15, -0.1) is 0 Å². The third-order valence-electron chi connectivity index (χ3n) is 3.01. The highest BCUT2D eigenvalue weighted by Gasteiger charge is 2.06. The fourth-order valence-electron chi connectivity index (χ4n) is 2.03. The van der Waals surface area contributed by atoms with Crippen LogP contribution in [-0.2, 0) is 0 Å². The Bertz CT molecular complexity index is 678. The highest BCUT2D eigenvalue weighted by atomic mass is 79.9. The van der Waals surface area contributed by atoms with E-state index in [1.54, 1.807) is 0 Å². The fraction of sp³-hybridized carbons (Fsp3) is 0. The van der Waals surface area contributed by atoms with Crippen molar-refractivity contribution in [3.8, 4) is 22.4 Å². The van der Waals surface area contributed by atoms with Gasteiger partial charge in [0, 0.05) is 21.8 Å². The topological polar surface area (TPSA) is 12.9 Å². The van der Waals surface area contributed by atoms with E-state index in [1.165, 1.54) is 5.56 Å². The summed E-state index contributed by atoms with van der Waals surface area (Å²) in [5, 5.41) is 0. The number of pyridine rings is 1. The van der Waals surface area contributed by atoms with Crippen molar-refractivity contribution in [1.82, 2.24) is 4.98 Å². The highest BCUT2D eigenvalue weighted by molar-refractivity contribution is 9.10. The molecule has 0 aliphatic heterocycles. The van der Waals surface area contributed by atoms with Crippen LogP contribution in [0.3, 0.4) is 0 Å². The van der Waals surface area contributed by atoms with Crippen LogP contribution in [0.15, 0.2) is 77.4 Å². The van der Waals surface area contributed by atoms with Crippen LogP contribution in [0.5, 0.6) is 0 Å². The molecule has 92 valence electrons. The van der Waals surface area contributed by atoms with Crippen molar-refractivity contribution in [2.75, 3.05) is 0 Å². The summed E-state index contributed by atoms with van der Waals surface area (Å²) in [5.74, 6) is 0. The maximum absolute atomic E-state index is 4.56. The van der Waals surface area contributed by atoms with Gasteiger partial charge in [0.05, 0.1) is 5.69 Å². The highest BCUT2D eigenvalue weighted by Crippen LogP contribution is 2.30. The van der Waals surface area contributed by atoms with E-state index in [2.05, 4.69) is 51.2 Å². The Morgan fingerprint density at radius 2 is 1.32 bits per heavy atom. The van der Waals surface area contributed by atoms with Gasteiger partial charge < -0.3 is 0 Å². The second-order valence-corrected chi connectivity index (χ2v) is 5.14. The van der Waals surface area contributed by atoms with Gasteiger partial charge in [-0.1, -0.05) is 76.6 Å². The molecule has 3 rings (SSSR count). The van der Waals surface area contributed by atoms with E-state index >= 15 is 0 Å². The lowest BCUT2D eigenvalue weighted by Crippen LogP contribution is -1.87. The molecule has 0 aliphatic carbocycles. The quantitative estimate of drug-likeness (QED) is 0.635. The van der Waals surface area contributed by atoms with Crippen molar-refractivity contribution in [2.45, 2.75) is 0 Å². The molecule has 0 fully saturated rings. The summed E-state index contributed by atoms with van der Waals surface area (Å²) in [6, 6.07) is 22.5. The van der Waals surface area contributed by atoms with Crippen molar-refractivity contribution in [1.29, 1.82) is 0 Å². The summed E-state index contributed by atoms with van der Waals surface area (Å²) in [5.41, 5.74) is 4.39. The van der Waals surface area contributed by atoms with E-state index in [1.807, 2.05) is 42.6 Å². The number of aromatic nitrogens is 1. The van der Waals surface area contributed by atoms with Gasteiger partial charge in [-0.3, -0.25) is 4.98 Å².